The van der Waals surface area contributed by atoms with E-state index in [-0.39, 0.29) is 5.78 Å². The molecule has 3 heteroatoms. The summed E-state index contributed by atoms with van der Waals surface area (Å²) in [5.41, 5.74) is 1.73. The van der Waals surface area contributed by atoms with Crippen molar-refractivity contribution in [3.63, 3.8) is 0 Å². The van der Waals surface area contributed by atoms with Crippen LogP contribution in [0, 0.1) is 0 Å². The zero-order valence-electron chi connectivity index (χ0n) is 22.1. The first-order valence-corrected chi connectivity index (χ1v) is 16.5. The molecular formula is C31H47O2P. The van der Waals surface area contributed by atoms with Crippen molar-refractivity contribution in [2.75, 3.05) is 24.6 Å². The van der Waals surface area contributed by atoms with Crippen LogP contribution in [0.1, 0.15) is 95.0 Å². The molecule has 2 aromatic carbocycles. The quantitative estimate of drug-likeness (QED) is 0.0971. The predicted molar refractivity (Wildman–Crippen MR) is 152 cm³/mol. The molecule has 0 N–H and O–H groups in total. The van der Waals surface area contributed by atoms with Gasteiger partial charge >= 0.3 is 209 Å². The number of rotatable bonds is 17. The second-order valence-electron chi connectivity index (χ2n) is 9.86. The zero-order valence-corrected chi connectivity index (χ0v) is 23.0. The Morgan fingerprint density at radius 2 is 1.03 bits per heavy atom. The van der Waals surface area contributed by atoms with Gasteiger partial charge < -0.3 is 0 Å². The van der Waals surface area contributed by atoms with Crippen molar-refractivity contribution in [3.05, 3.63) is 77.9 Å². The van der Waals surface area contributed by atoms with Crippen LogP contribution in [0.3, 0.4) is 0 Å². The van der Waals surface area contributed by atoms with Crippen molar-refractivity contribution in [2.45, 2.75) is 79.1 Å². The van der Waals surface area contributed by atoms with Crippen LogP contribution in [0.4, 0.5) is 0 Å². The summed E-state index contributed by atoms with van der Waals surface area (Å²) in [7, 11) is 0. The number of benzene rings is 2. The molecule has 0 aromatic heterocycles. The summed E-state index contributed by atoms with van der Waals surface area (Å²) >= 11 is 0. The monoisotopic (exact) mass is 482 g/mol. The number of hydrogen-bond acceptors (Lipinski definition) is 2. The average Bonchev–Trinajstić information content (AvgIpc) is 2.89. The van der Waals surface area contributed by atoms with Gasteiger partial charge in [-0.05, 0) is 0 Å². The molecule has 2 nitrogen and oxygen atoms in total. The van der Waals surface area contributed by atoms with Crippen molar-refractivity contribution in [1.29, 1.82) is 0 Å². The van der Waals surface area contributed by atoms with Gasteiger partial charge in [0.05, 0.1) is 0 Å². The fourth-order valence-corrected chi connectivity index (χ4v) is 11.8. The third-order valence-electron chi connectivity index (χ3n) is 7.04. The molecule has 0 amide bonds. The molecule has 0 bridgehead atoms. The topological polar surface area (TPSA) is 26.3 Å². The molecule has 2 aromatic rings. The first kappa shape index (κ1) is 28.3. The van der Waals surface area contributed by atoms with Gasteiger partial charge in [0.25, 0.3) is 0 Å². The van der Waals surface area contributed by atoms with Gasteiger partial charge in [-0.2, -0.15) is 0 Å². The summed E-state index contributed by atoms with van der Waals surface area (Å²) in [4.78, 5) is 13.3. The summed E-state index contributed by atoms with van der Waals surface area (Å²) < 4.78 is 7.48. The number of allylic oxidation sites excluding steroid dienone is 1. The normalized spacial score (nSPS) is 13.3. The van der Waals surface area contributed by atoms with Gasteiger partial charge in [-0.3, -0.25) is 0 Å². The molecule has 0 aliphatic carbocycles. The second-order valence-corrected chi connectivity index (χ2v) is 15.6. The van der Waals surface area contributed by atoms with E-state index in [1.165, 1.54) is 76.0 Å². The maximum absolute atomic E-state index is 13.3. The van der Waals surface area contributed by atoms with Crippen LogP contribution in [-0.4, -0.2) is 30.4 Å². The van der Waals surface area contributed by atoms with Gasteiger partial charge in [0, 0.05) is 0 Å². The Kier molecular flexibility index (Phi) is 12.1. The summed E-state index contributed by atoms with van der Waals surface area (Å²) in [6.45, 7) is 6.59. The second kappa shape index (κ2) is 14.5. The van der Waals surface area contributed by atoms with E-state index < -0.39 is 6.83 Å². The molecule has 0 saturated heterocycles. The molecule has 0 fully saturated rings. The van der Waals surface area contributed by atoms with E-state index in [0.29, 0.717) is 5.56 Å². The molecule has 0 atom stereocenters. The van der Waals surface area contributed by atoms with Crippen LogP contribution in [0.5, 0.6) is 0 Å². The molecule has 188 valence electrons. The first-order chi connectivity index (χ1) is 16.5. The summed E-state index contributed by atoms with van der Waals surface area (Å²) in [5, 5.41) is 0. The summed E-state index contributed by atoms with van der Waals surface area (Å²) in [6.07, 6.45) is 16.0. The molecule has 34 heavy (non-hydrogen) atoms. The predicted octanol–water partition coefficient (Wildman–Crippen LogP) is 9.60. The first-order valence-electron chi connectivity index (χ1n) is 13.6. The van der Waals surface area contributed by atoms with Crippen molar-refractivity contribution < 1.29 is 9.32 Å². The number of ketones is 1. The van der Waals surface area contributed by atoms with Gasteiger partial charge in [-0.1, -0.05) is 0 Å². The Hall–Kier alpha value is -1.92. The minimum absolute atomic E-state index is 0.0213. The Labute approximate surface area is 209 Å². The molecule has 0 unspecified atom stereocenters. The van der Waals surface area contributed by atoms with E-state index in [4.69, 9.17) is 4.52 Å². The Morgan fingerprint density at radius 3 is 1.41 bits per heavy atom. The number of unbranched alkanes of at least 4 members (excludes halogenated alkanes) is 4. The molecule has 0 radical (unpaired) electrons. The fraction of sp³-hybridized carbons (Fsp3) is 0.516. The molecule has 2 rings (SSSR count). The van der Waals surface area contributed by atoms with Gasteiger partial charge in [0.2, 0.25) is 0 Å². The van der Waals surface area contributed by atoms with E-state index in [9.17, 15) is 4.79 Å². The molecule has 0 spiro atoms. The van der Waals surface area contributed by atoms with Crippen LogP contribution < -0.4 is 0 Å². The maximum atomic E-state index is 13.3. The Morgan fingerprint density at radius 1 is 0.647 bits per heavy atom. The molecule has 0 heterocycles. The van der Waals surface area contributed by atoms with E-state index in [0.717, 1.165) is 11.3 Å². The third kappa shape index (κ3) is 8.09. The minimum atomic E-state index is -2.57. The van der Waals surface area contributed by atoms with Crippen molar-refractivity contribution in [1.82, 2.24) is 0 Å². The van der Waals surface area contributed by atoms with Gasteiger partial charge in [0.1, 0.15) is 0 Å². The van der Waals surface area contributed by atoms with E-state index in [1.807, 2.05) is 48.5 Å². The molecule has 0 aliphatic rings. The fourth-order valence-electron chi connectivity index (χ4n) is 4.93. The standard InChI is InChI=1S/C31H47O2P/c1-5-9-23-34(24-10-6-2,25-11-7-3,26-12-8-4)33-31(29-21-17-14-18-22-29)27-30(32)28-19-15-13-16-20-28/h13-22,27H,5-12,23-26H2,1-4H3/b31-27+. The van der Waals surface area contributed by atoms with Crippen LogP contribution in [0.25, 0.3) is 5.76 Å². The van der Waals surface area contributed by atoms with E-state index in [1.54, 1.807) is 6.08 Å². The van der Waals surface area contributed by atoms with Crippen LogP contribution in [-0.2, 0) is 4.52 Å². The van der Waals surface area contributed by atoms with Crippen LogP contribution in [0.2, 0.25) is 0 Å². The summed E-state index contributed by atoms with van der Waals surface area (Å²) in [6, 6.07) is 19.9. The zero-order chi connectivity index (χ0) is 24.7. The Balaban J connectivity index is 2.65. The third-order valence-corrected chi connectivity index (χ3v) is 13.5. The van der Waals surface area contributed by atoms with Gasteiger partial charge in [-0.15, -0.1) is 0 Å². The number of carbonyl (C=O) groups is 1. The SMILES string of the molecule is CCCCP(CCCC)(CCCC)(CCCC)O/C(=C/C(=O)c1ccccc1)c1ccccc1. The molecule has 0 aliphatic heterocycles. The summed E-state index contributed by atoms with van der Waals surface area (Å²) in [5.74, 6) is 0.805. The van der Waals surface area contributed by atoms with Gasteiger partial charge in [0.15, 0.2) is 0 Å². The number of carbonyl (C=O) groups excluding carboxylic acids is 1. The van der Waals surface area contributed by atoms with Crippen LogP contribution in [0.15, 0.2) is 66.7 Å². The van der Waals surface area contributed by atoms with E-state index in [2.05, 4.69) is 39.8 Å². The molecule has 0 saturated carbocycles. The number of hydrogen-bond donors (Lipinski definition) is 0. The van der Waals surface area contributed by atoms with Crippen molar-refractivity contribution in [2.24, 2.45) is 0 Å². The van der Waals surface area contributed by atoms with Gasteiger partial charge in [-0.25, -0.2) is 0 Å². The van der Waals surface area contributed by atoms with Crippen LogP contribution >= 0.6 is 6.83 Å². The Bertz CT molecular complexity index is 829. The van der Waals surface area contributed by atoms with Crippen molar-refractivity contribution >= 4 is 18.4 Å². The van der Waals surface area contributed by atoms with E-state index >= 15 is 0 Å². The molecular weight excluding hydrogens is 435 g/mol. The van der Waals surface area contributed by atoms with Crippen molar-refractivity contribution in [3.8, 4) is 0 Å². The average molecular weight is 483 g/mol.